The van der Waals surface area contributed by atoms with Crippen LogP contribution in [0.3, 0.4) is 0 Å². The molecule has 10 aromatic rings. The number of fused-ring (bicyclic) bond motifs is 7. The summed E-state index contributed by atoms with van der Waals surface area (Å²) in [5.74, 6) is 0. The van der Waals surface area contributed by atoms with Crippen LogP contribution in [-0.2, 0) is 0 Å². The van der Waals surface area contributed by atoms with Gasteiger partial charge in [0.2, 0.25) is 0 Å². The van der Waals surface area contributed by atoms with Gasteiger partial charge in [0.05, 0.1) is 0 Å². The molecule has 8 aromatic carbocycles. The van der Waals surface area contributed by atoms with Crippen LogP contribution in [0.2, 0.25) is 0 Å². The van der Waals surface area contributed by atoms with Gasteiger partial charge in [0.25, 0.3) is 0 Å². The molecule has 0 aliphatic heterocycles. The Bertz CT molecular complexity index is 2840. The molecular formula is C46H29NOS. The lowest BCUT2D eigenvalue weighted by molar-refractivity contribution is 0.669. The maximum absolute atomic E-state index is 6.37. The summed E-state index contributed by atoms with van der Waals surface area (Å²) >= 11 is 1.86. The van der Waals surface area contributed by atoms with Crippen molar-refractivity contribution < 1.29 is 4.42 Å². The van der Waals surface area contributed by atoms with Gasteiger partial charge in [-0.25, -0.2) is 0 Å². The Hall–Kier alpha value is -6.16. The molecule has 0 saturated carbocycles. The van der Waals surface area contributed by atoms with Crippen LogP contribution in [0.4, 0.5) is 17.1 Å². The van der Waals surface area contributed by atoms with E-state index in [1.54, 1.807) is 0 Å². The summed E-state index contributed by atoms with van der Waals surface area (Å²) in [4.78, 5) is 2.34. The number of anilines is 3. The van der Waals surface area contributed by atoms with Crippen molar-refractivity contribution in [1.29, 1.82) is 0 Å². The Morgan fingerprint density at radius 2 is 1.08 bits per heavy atom. The van der Waals surface area contributed by atoms with Gasteiger partial charge < -0.3 is 9.32 Å². The molecule has 0 radical (unpaired) electrons. The first-order chi connectivity index (χ1) is 24.3. The third-order valence-corrected chi connectivity index (χ3v) is 10.8. The van der Waals surface area contributed by atoms with Crippen LogP contribution in [0.15, 0.2) is 180 Å². The molecule has 3 heteroatoms. The quantitative estimate of drug-likeness (QED) is 0.186. The van der Waals surface area contributed by atoms with Gasteiger partial charge in [-0.15, -0.1) is 11.3 Å². The predicted molar refractivity (Wildman–Crippen MR) is 210 cm³/mol. The van der Waals surface area contributed by atoms with E-state index in [2.05, 4.69) is 169 Å². The second kappa shape index (κ2) is 11.2. The topological polar surface area (TPSA) is 16.4 Å². The summed E-state index contributed by atoms with van der Waals surface area (Å²) < 4.78 is 8.99. The number of furan rings is 1. The number of para-hydroxylation sites is 1. The van der Waals surface area contributed by atoms with Crippen LogP contribution in [0, 0.1) is 0 Å². The predicted octanol–water partition coefficient (Wildman–Crippen LogP) is 13.9. The van der Waals surface area contributed by atoms with E-state index in [1.165, 1.54) is 53.2 Å². The fourth-order valence-electron chi connectivity index (χ4n) is 7.30. The lowest BCUT2D eigenvalue weighted by atomic mass is 9.98. The highest BCUT2D eigenvalue weighted by Crippen LogP contribution is 2.43. The summed E-state index contributed by atoms with van der Waals surface area (Å²) in [6, 6.07) is 63.3. The van der Waals surface area contributed by atoms with E-state index in [4.69, 9.17) is 4.42 Å². The number of benzene rings is 8. The molecule has 10 rings (SSSR count). The highest BCUT2D eigenvalue weighted by atomic mass is 32.1. The molecule has 49 heavy (non-hydrogen) atoms. The summed E-state index contributed by atoms with van der Waals surface area (Å²) in [6.45, 7) is 0. The lowest BCUT2D eigenvalue weighted by Crippen LogP contribution is -2.10. The molecule has 2 heterocycles. The molecule has 0 bridgehead atoms. The van der Waals surface area contributed by atoms with E-state index in [-0.39, 0.29) is 0 Å². The average Bonchev–Trinajstić information content (AvgIpc) is 3.73. The van der Waals surface area contributed by atoms with E-state index >= 15 is 0 Å². The van der Waals surface area contributed by atoms with Gasteiger partial charge in [0.1, 0.15) is 11.2 Å². The minimum atomic E-state index is 0.877. The fourth-order valence-corrected chi connectivity index (χ4v) is 8.43. The number of nitrogens with zero attached hydrogens (tertiary/aromatic N) is 1. The van der Waals surface area contributed by atoms with E-state index < -0.39 is 0 Å². The zero-order chi connectivity index (χ0) is 32.3. The molecular weight excluding hydrogens is 615 g/mol. The highest BCUT2D eigenvalue weighted by molar-refractivity contribution is 7.25. The largest absolute Gasteiger partial charge is 0.456 e. The molecule has 0 aliphatic rings. The van der Waals surface area contributed by atoms with Gasteiger partial charge >= 0.3 is 0 Å². The third-order valence-electron chi connectivity index (χ3n) is 9.65. The highest BCUT2D eigenvalue weighted by Gasteiger charge is 2.18. The molecule has 0 aliphatic carbocycles. The maximum atomic E-state index is 6.37. The first-order valence-electron chi connectivity index (χ1n) is 16.6. The molecule has 230 valence electrons. The van der Waals surface area contributed by atoms with Crippen LogP contribution in [0.25, 0.3) is 75.1 Å². The van der Waals surface area contributed by atoms with Crippen LogP contribution in [0.1, 0.15) is 0 Å². The van der Waals surface area contributed by atoms with Gasteiger partial charge in [-0.1, -0.05) is 109 Å². The van der Waals surface area contributed by atoms with Crippen molar-refractivity contribution in [3.63, 3.8) is 0 Å². The number of rotatable bonds is 5. The standard InChI is InChI=1S/C46H29NOS/c1-2-10-32-27-33(20-19-30(32)9-1)31-21-23-35(24-22-31)47(37-25-26-40-39-13-3-5-16-42(39)48-43(40)29-37)36-12-7-11-34(28-36)38-15-8-18-45-46(38)41-14-4-6-17-44(41)49-45/h1-29H. The van der Waals surface area contributed by atoms with Crippen molar-refractivity contribution in [3.05, 3.63) is 176 Å². The molecule has 0 saturated heterocycles. The normalized spacial score (nSPS) is 11.7. The zero-order valence-corrected chi connectivity index (χ0v) is 27.3. The van der Waals surface area contributed by atoms with E-state index in [9.17, 15) is 0 Å². The molecule has 2 nitrogen and oxygen atoms in total. The van der Waals surface area contributed by atoms with Crippen molar-refractivity contribution in [2.24, 2.45) is 0 Å². The van der Waals surface area contributed by atoms with Gasteiger partial charge in [-0.2, -0.15) is 0 Å². The van der Waals surface area contributed by atoms with Gasteiger partial charge in [-0.3, -0.25) is 0 Å². The third kappa shape index (κ3) is 4.70. The molecule has 0 amide bonds. The zero-order valence-electron chi connectivity index (χ0n) is 26.5. The number of hydrogen-bond acceptors (Lipinski definition) is 3. The molecule has 0 fully saturated rings. The summed E-state index contributed by atoms with van der Waals surface area (Å²) in [7, 11) is 0. The van der Waals surface area contributed by atoms with Gasteiger partial charge in [-0.05, 0) is 93.7 Å². The average molecular weight is 644 g/mol. The Morgan fingerprint density at radius 1 is 0.388 bits per heavy atom. The molecule has 0 unspecified atom stereocenters. The minimum Gasteiger partial charge on any atom is -0.456 e. The van der Waals surface area contributed by atoms with E-state index in [0.717, 1.165) is 39.0 Å². The maximum Gasteiger partial charge on any atom is 0.137 e. The summed E-state index contributed by atoms with van der Waals surface area (Å²) in [6.07, 6.45) is 0. The van der Waals surface area contributed by atoms with Crippen LogP contribution in [-0.4, -0.2) is 0 Å². The van der Waals surface area contributed by atoms with Crippen molar-refractivity contribution in [3.8, 4) is 22.3 Å². The second-order valence-electron chi connectivity index (χ2n) is 12.6. The first-order valence-corrected chi connectivity index (χ1v) is 17.4. The van der Waals surface area contributed by atoms with Crippen LogP contribution >= 0.6 is 11.3 Å². The van der Waals surface area contributed by atoms with E-state index in [0.29, 0.717) is 0 Å². The van der Waals surface area contributed by atoms with Crippen LogP contribution in [0.5, 0.6) is 0 Å². The Balaban J connectivity index is 1.13. The van der Waals surface area contributed by atoms with Gasteiger partial charge in [0, 0.05) is 54.1 Å². The Morgan fingerprint density at radius 3 is 2.00 bits per heavy atom. The first kappa shape index (κ1) is 27.9. The minimum absolute atomic E-state index is 0.877. The van der Waals surface area contributed by atoms with E-state index in [1.807, 2.05) is 23.5 Å². The molecule has 2 aromatic heterocycles. The molecule has 0 spiro atoms. The number of thiophene rings is 1. The fraction of sp³-hybridized carbons (Fsp3) is 0. The number of hydrogen-bond donors (Lipinski definition) is 0. The van der Waals surface area contributed by atoms with Crippen molar-refractivity contribution >= 4 is 81.3 Å². The summed E-state index contributed by atoms with van der Waals surface area (Å²) in [5.41, 5.74) is 9.82. The smallest absolute Gasteiger partial charge is 0.137 e. The van der Waals surface area contributed by atoms with Gasteiger partial charge in [0.15, 0.2) is 0 Å². The summed E-state index contributed by atoms with van der Waals surface area (Å²) in [5, 5.41) is 7.37. The lowest BCUT2D eigenvalue weighted by Gasteiger charge is -2.26. The molecule has 0 atom stereocenters. The molecule has 0 N–H and O–H groups in total. The Labute approximate surface area is 287 Å². The Kier molecular flexibility index (Phi) is 6.39. The monoisotopic (exact) mass is 643 g/mol. The second-order valence-corrected chi connectivity index (χ2v) is 13.6. The van der Waals surface area contributed by atoms with Crippen molar-refractivity contribution in [2.75, 3.05) is 4.90 Å². The van der Waals surface area contributed by atoms with Crippen molar-refractivity contribution in [2.45, 2.75) is 0 Å². The van der Waals surface area contributed by atoms with Crippen LogP contribution < -0.4 is 4.90 Å². The SMILES string of the molecule is c1cc(-c2cccc3sc4ccccc4c23)cc(N(c2ccc(-c3ccc4ccccc4c3)cc2)c2ccc3c(c2)oc2ccccc23)c1. The van der Waals surface area contributed by atoms with Crippen molar-refractivity contribution in [1.82, 2.24) is 0 Å².